The Morgan fingerprint density at radius 1 is 1.50 bits per heavy atom. The molecule has 0 N–H and O–H groups in total. The van der Waals surface area contributed by atoms with E-state index in [0.29, 0.717) is 5.92 Å². The first-order chi connectivity index (χ1) is 8.80. The Kier molecular flexibility index (Phi) is 4.14. The first-order valence-corrected chi connectivity index (χ1v) is 6.76. The summed E-state index contributed by atoms with van der Waals surface area (Å²) in [6, 6.07) is 0. The van der Waals surface area contributed by atoms with Gasteiger partial charge in [0, 0.05) is 5.57 Å². The quantitative estimate of drug-likeness (QED) is 0.484. The zero-order chi connectivity index (χ0) is 13.0. The molecule has 94 valence electrons. The first kappa shape index (κ1) is 12.8. The van der Waals surface area contributed by atoms with E-state index < -0.39 is 0 Å². The van der Waals surface area contributed by atoms with E-state index in [0.717, 1.165) is 18.6 Å². The van der Waals surface area contributed by atoms with Gasteiger partial charge in [-0.2, -0.15) is 0 Å². The molecule has 2 rings (SSSR count). The van der Waals surface area contributed by atoms with Gasteiger partial charge in [-0.1, -0.05) is 31.2 Å². The fraction of sp³-hybridized carbons (Fsp3) is 0.353. The minimum Gasteiger partial charge on any atom is -0.248 e. The molecule has 0 aromatic heterocycles. The topological polar surface area (TPSA) is 12.4 Å². The van der Waals surface area contributed by atoms with Crippen LogP contribution in [0.5, 0.6) is 0 Å². The largest absolute Gasteiger partial charge is 0.248 e. The number of rotatable bonds is 5. The summed E-state index contributed by atoms with van der Waals surface area (Å²) < 4.78 is 0. The number of fused-ring (bicyclic) bond motifs is 1. The summed E-state index contributed by atoms with van der Waals surface area (Å²) in [5, 5.41) is 0. The summed E-state index contributed by atoms with van der Waals surface area (Å²) in [6.45, 7) is 8.04. The van der Waals surface area contributed by atoms with Crippen LogP contribution in [0.15, 0.2) is 64.9 Å². The number of aliphatic imine (C=N–C) groups is 1. The van der Waals surface area contributed by atoms with Gasteiger partial charge in [0.25, 0.3) is 0 Å². The van der Waals surface area contributed by atoms with Crippen LogP contribution in [0, 0.1) is 5.92 Å². The van der Waals surface area contributed by atoms with Crippen LogP contribution in [0.2, 0.25) is 0 Å². The molecule has 1 heteroatoms. The average molecular weight is 239 g/mol. The molecule has 1 unspecified atom stereocenters. The lowest BCUT2D eigenvalue weighted by atomic mass is 9.96. The molecule has 0 radical (unpaired) electrons. The highest BCUT2D eigenvalue weighted by Crippen LogP contribution is 2.47. The molecule has 0 aromatic carbocycles. The second-order valence-corrected chi connectivity index (χ2v) is 4.69. The van der Waals surface area contributed by atoms with Crippen LogP contribution in [0.1, 0.15) is 33.1 Å². The molecule has 2 aliphatic rings. The fourth-order valence-electron chi connectivity index (χ4n) is 2.25. The monoisotopic (exact) mass is 239 g/mol. The van der Waals surface area contributed by atoms with Crippen molar-refractivity contribution in [1.29, 1.82) is 0 Å². The van der Waals surface area contributed by atoms with Gasteiger partial charge in [0.05, 0.1) is 11.4 Å². The van der Waals surface area contributed by atoms with E-state index in [1.54, 1.807) is 0 Å². The van der Waals surface area contributed by atoms with Crippen LogP contribution >= 0.6 is 0 Å². The third-order valence-electron chi connectivity index (χ3n) is 3.32. The maximum Gasteiger partial charge on any atom is 0.0748 e. The van der Waals surface area contributed by atoms with Crippen LogP contribution in [0.4, 0.5) is 0 Å². The summed E-state index contributed by atoms with van der Waals surface area (Å²) in [7, 11) is 0. The second kappa shape index (κ2) is 5.81. The van der Waals surface area contributed by atoms with Crippen molar-refractivity contribution in [1.82, 2.24) is 0 Å². The van der Waals surface area contributed by atoms with E-state index in [9.17, 15) is 0 Å². The molecule has 2 aliphatic carbocycles. The normalized spacial score (nSPS) is 23.6. The first-order valence-electron chi connectivity index (χ1n) is 6.76. The van der Waals surface area contributed by atoms with Gasteiger partial charge in [0.2, 0.25) is 0 Å². The van der Waals surface area contributed by atoms with Gasteiger partial charge >= 0.3 is 0 Å². The molecular formula is C17H21N. The number of hydrogen-bond donors (Lipinski definition) is 0. The van der Waals surface area contributed by atoms with E-state index in [4.69, 9.17) is 4.99 Å². The smallest absolute Gasteiger partial charge is 0.0748 e. The van der Waals surface area contributed by atoms with Crippen molar-refractivity contribution in [3.05, 3.63) is 59.9 Å². The Bertz CT molecular complexity index is 484. The summed E-state index contributed by atoms with van der Waals surface area (Å²) >= 11 is 0. The maximum absolute atomic E-state index is 4.75. The summed E-state index contributed by atoms with van der Waals surface area (Å²) in [6.07, 6.45) is 16.1. The highest BCUT2D eigenvalue weighted by molar-refractivity contribution is 6.05. The molecule has 18 heavy (non-hydrogen) atoms. The lowest BCUT2D eigenvalue weighted by Crippen LogP contribution is -1.95. The molecule has 0 saturated heterocycles. The van der Waals surface area contributed by atoms with Gasteiger partial charge in [0.15, 0.2) is 0 Å². The van der Waals surface area contributed by atoms with Gasteiger partial charge in [-0.15, -0.1) is 6.58 Å². The van der Waals surface area contributed by atoms with Gasteiger partial charge in [-0.3, -0.25) is 0 Å². The van der Waals surface area contributed by atoms with E-state index in [2.05, 4.69) is 37.8 Å². The second-order valence-electron chi connectivity index (χ2n) is 4.69. The van der Waals surface area contributed by atoms with Crippen molar-refractivity contribution < 1.29 is 0 Å². The van der Waals surface area contributed by atoms with Crippen LogP contribution in [0.3, 0.4) is 0 Å². The van der Waals surface area contributed by atoms with E-state index >= 15 is 0 Å². The minimum absolute atomic E-state index is 0.535. The Hall–Kier alpha value is -1.63. The Morgan fingerprint density at radius 2 is 2.33 bits per heavy atom. The molecule has 0 spiro atoms. The molecule has 0 bridgehead atoms. The maximum atomic E-state index is 4.75. The van der Waals surface area contributed by atoms with E-state index in [1.807, 2.05) is 19.1 Å². The molecule has 0 amide bonds. The van der Waals surface area contributed by atoms with E-state index in [1.165, 1.54) is 23.3 Å². The number of nitrogens with zero attached hydrogens (tertiary/aromatic N) is 1. The van der Waals surface area contributed by atoms with Crippen molar-refractivity contribution in [2.45, 2.75) is 33.1 Å². The zero-order valence-electron chi connectivity index (χ0n) is 11.3. The van der Waals surface area contributed by atoms with Crippen molar-refractivity contribution in [3.8, 4) is 0 Å². The summed E-state index contributed by atoms with van der Waals surface area (Å²) in [5.41, 5.74) is 5.10. The predicted octanol–water partition coefficient (Wildman–Crippen LogP) is 4.76. The minimum atomic E-state index is 0.535. The fourth-order valence-corrected chi connectivity index (χ4v) is 2.25. The van der Waals surface area contributed by atoms with Crippen LogP contribution in [0.25, 0.3) is 0 Å². The van der Waals surface area contributed by atoms with Crippen LogP contribution < -0.4 is 0 Å². The lowest BCUT2D eigenvalue weighted by Gasteiger charge is -2.08. The molecular weight excluding hydrogens is 218 g/mol. The molecule has 0 heterocycles. The Balaban J connectivity index is 2.16. The highest BCUT2D eigenvalue weighted by Gasteiger charge is 2.33. The van der Waals surface area contributed by atoms with Crippen molar-refractivity contribution in [2.24, 2.45) is 10.9 Å². The SMILES string of the molecule is C=CC1C=C2C(=C2N=C(/C=C\C)/C=C/CC)CC1. The highest BCUT2D eigenvalue weighted by atomic mass is 14.8. The van der Waals surface area contributed by atoms with Gasteiger partial charge in [0.1, 0.15) is 0 Å². The number of allylic oxidation sites excluding steroid dienone is 8. The van der Waals surface area contributed by atoms with E-state index in [-0.39, 0.29) is 0 Å². The van der Waals surface area contributed by atoms with Crippen molar-refractivity contribution in [2.75, 3.05) is 0 Å². The van der Waals surface area contributed by atoms with Crippen LogP contribution in [-0.4, -0.2) is 5.71 Å². The molecule has 0 saturated carbocycles. The predicted molar refractivity (Wildman–Crippen MR) is 79.7 cm³/mol. The average Bonchev–Trinajstić information content (AvgIpc) is 3.08. The summed E-state index contributed by atoms with van der Waals surface area (Å²) in [5.74, 6) is 0.535. The van der Waals surface area contributed by atoms with Gasteiger partial charge in [-0.05, 0) is 49.8 Å². The Morgan fingerprint density at radius 3 is 3.00 bits per heavy atom. The molecule has 0 aromatic rings. The third-order valence-corrected chi connectivity index (χ3v) is 3.32. The Labute approximate surface area is 110 Å². The molecule has 0 aliphatic heterocycles. The van der Waals surface area contributed by atoms with Gasteiger partial charge < -0.3 is 0 Å². The van der Waals surface area contributed by atoms with Crippen LogP contribution in [-0.2, 0) is 0 Å². The molecule has 1 nitrogen and oxygen atoms in total. The lowest BCUT2D eigenvalue weighted by molar-refractivity contribution is 0.699. The van der Waals surface area contributed by atoms with Crippen molar-refractivity contribution >= 4 is 5.71 Å². The molecule has 1 atom stereocenters. The third kappa shape index (κ3) is 2.79. The number of hydrogen-bond acceptors (Lipinski definition) is 1. The summed E-state index contributed by atoms with van der Waals surface area (Å²) in [4.78, 5) is 4.75. The molecule has 0 fully saturated rings. The zero-order valence-corrected chi connectivity index (χ0v) is 11.3. The van der Waals surface area contributed by atoms with Gasteiger partial charge in [-0.25, -0.2) is 4.99 Å². The standard InChI is InChI=1S/C17H21N/c1-4-7-9-14(8-5-2)18-17-15-11-10-13(6-3)12-16(15)17/h5-9,12-13H,3-4,10-11H2,1-2H3/b8-5-,9-7+,18-14?. The van der Waals surface area contributed by atoms with Crippen molar-refractivity contribution in [3.63, 3.8) is 0 Å².